The van der Waals surface area contributed by atoms with E-state index < -0.39 is 18.7 Å². The Labute approximate surface area is 248 Å². The smallest absolute Gasteiger partial charge is 0.406 e. The van der Waals surface area contributed by atoms with Crippen molar-refractivity contribution in [3.8, 4) is 17.6 Å². The largest absolute Gasteiger partial charge is 0.495 e. The van der Waals surface area contributed by atoms with Gasteiger partial charge in [0.25, 0.3) is 0 Å². The number of aromatic nitrogens is 1. The Balaban J connectivity index is 1.15. The van der Waals surface area contributed by atoms with E-state index in [4.69, 9.17) is 9.47 Å². The predicted molar refractivity (Wildman–Crippen MR) is 158 cm³/mol. The Bertz CT molecular complexity index is 1550. The molecule has 0 amide bonds. The molecule has 3 N–H and O–H groups in total. The van der Waals surface area contributed by atoms with E-state index in [2.05, 4.69) is 27.4 Å². The molecule has 3 aliphatic rings. The third-order valence-corrected chi connectivity index (χ3v) is 8.78. The zero-order chi connectivity index (χ0) is 30.2. The van der Waals surface area contributed by atoms with Crippen LogP contribution in [0.1, 0.15) is 41.7 Å². The van der Waals surface area contributed by atoms with Gasteiger partial charge >= 0.3 is 12.1 Å². The first-order valence-corrected chi connectivity index (χ1v) is 14.5. The molecule has 1 aromatic heterocycles. The number of methoxy groups -OCH3 is 1. The molecule has 3 fully saturated rings. The Morgan fingerprint density at radius 3 is 2.53 bits per heavy atom. The van der Waals surface area contributed by atoms with E-state index in [9.17, 15) is 23.1 Å². The second kappa shape index (κ2) is 11.7. The molecule has 2 aliphatic heterocycles. The molecular weight excluding hydrogens is 561 g/mol. The number of ether oxygens (including phenoxy) is 2. The van der Waals surface area contributed by atoms with Crippen LogP contribution in [0.5, 0.6) is 5.75 Å². The molecular formula is C32H35F3N4O4. The van der Waals surface area contributed by atoms with Gasteiger partial charge in [0, 0.05) is 41.7 Å². The Kier molecular flexibility index (Phi) is 7.92. The fourth-order valence-corrected chi connectivity index (χ4v) is 6.56. The van der Waals surface area contributed by atoms with Gasteiger partial charge in [-0.1, -0.05) is 12.0 Å². The van der Waals surface area contributed by atoms with E-state index in [-0.39, 0.29) is 23.8 Å². The molecule has 2 aromatic carbocycles. The van der Waals surface area contributed by atoms with E-state index in [1.54, 1.807) is 24.3 Å². The van der Waals surface area contributed by atoms with Crippen molar-refractivity contribution in [2.75, 3.05) is 50.6 Å². The highest BCUT2D eigenvalue weighted by Crippen LogP contribution is 2.41. The fraction of sp³-hybridized carbons (Fsp3) is 0.469. The average molecular weight is 597 g/mol. The van der Waals surface area contributed by atoms with E-state index in [1.807, 2.05) is 6.07 Å². The second-order valence-electron chi connectivity index (χ2n) is 11.9. The maximum atomic E-state index is 13.6. The lowest BCUT2D eigenvalue weighted by molar-refractivity contribution is -0.200. The number of fused-ring (bicyclic) bond motifs is 1. The minimum Gasteiger partial charge on any atom is -0.495 e. The Morgan fingerprint density at radius 2 is 1.88 bits per heavy atom. The molecule has 11 heteroatoms. The highest BCUT2D eigenvalue weighted by atomic mass is 19.4. The van der Waals surface area contributed by atoms with Crippen LogP contribution < -0.4 is 15.4 Å². The molecule has 2 saturated heterocycles. The number of carboxylic acid groups (broad SMARTS) is 1. The lowest BCUT2D eigenvalue weighted by Gasteiger charge is -2.58. The van der Waals surface area contributed by atoms with Gasteiger partial charge in [-0.25, -0.2) is 4.79 Å². The van der Waals surface area contributed by atoms with Crippen molar-refractivity contribution >= 4 is 28.2 Å². The van der Waals surface area contributed by atoms with Crippen LogP contribution in [0, 0.1) is 17.3 Å². The number of nitrogens with zero attached hydrogens (tertiary/aromatic N) is 2. The fourth-order valence-electron chi connectivity index (χ4n) is 6.56. The monoisotopic (exact) mass is 596 g/mol. The molecule has 1 spiro atoms. The van der Waals surface area contributed by atoms with Gasteiger partial charge < -0.3 is 29.8 Å². The van der Waals surface area contributed by atoms with Gasteiger partial charge in [0.1, 0.15) is 12.3 Å². The molecule has 0 radical (unpaired) electrons. The SMILES string of the molecule is COc1cc(C(=O)O)ccc1NCC#Cc1cc2c(N[C@H]3CC[C@@H](N4CC5(COC5)C4)CC3)cccc2n1CC(F)(F)F. The number of benzene rings is 2. The van der Waals surface area contributed by atoms with Crippen LogP contribution in [-0.4, -0.2) is 78.8 Å². The number of rotatable bonds is 8. The minimum absolute atomic E-state index is 0.0798. The number of hydrogen-bond acceptors (Lipinski definition) is 6. The van der Waals surface area contributed by atoms with E-state index >= 15 is 0 Å². The van der Waals surface area contributed by atoms with E-state index in [0.29, 0.717) is 33.8 Å². The van der Waals surface area contributed by atoms with Gasteiger partial charge in [-0.3, -0.25) is 4.90 Å². The Hall–Kier alpha value is -3.88. The third-order valence-electron chi connectivity index (χ3n) is 8.78. The number of likely N-dealkylation sites (tertiary alicyclic amines) is 1. The number of hydrogen-bond donors (Lipinski definition) is 3. The van der Waals surface area contributed by atoms with E-state index in [0.717, 1.165) is 57.7 Å². The molecule has 1 aliphatic carbocycles. The summed E-state index contributed by atoms with van der Waals surface area (Å²) in [6, 6.07) is 12.4. The van der Waals surface area contributed by atoms with Gasteiger partial charge in [-0.2, -0.15) is 13.2 Å². The maximum Gasteiger partial charge on any atom is 0.406 e. The molecule has 0 atom stereocenters. The van der Waals surface area contributed by atoms with Crippen molar-refractivity contribution in [1.82, 2.24) is 9.47 Å². The molecule has 3 heterocycles. The summed E-state index contributed by atoms with van der Waals surface area (Å²) in [6.45, 7) is 3.01. The van der Waals surface area contributed by atoms with Crippen molar-refractivity contribution in [1.29, 1.82) is 0 Å². The van der Waals surface area contributed by atoms with Crippen LogP contribution in [0.4, 0.5) is 24.5 Å². The van der Waals surface area contributed by atoms with Gasteiger partial charge in [-0.05, 0) is 68.0 Å². The third kappa shape index (κ3) is 6.26. The maximum absolute atomic E-state index is 13.6. The summed E-state index contributed by atoms with van der Waals surface area (Å²) < 4.78 is 52.8. The number of nitrogens with one attached hydrogen (secondary N) is 2. The standard InChI is InChI=1S/C32H35F3N4O4/c1-42-29-14-21(30(40)41)7-12-27(29)36-13-3-4-24-15-25-26(5-2-6-28(25)39(24)18-32(33,34)35)37-22-8-10-23(11-9-22)38-16-31(17-38)19-43-20-31/h2,5-7,12,14-15,22-23,36-37H,8-11,13,16-20H2,1H3,(H,40,41)/t22-,23+. The van der Waals surface area contributed by atoms with E-state index in [1.165, 1.54) is 23.8 Å². The summed E-state index contributed by atoms with van der Waals surface area (Å²) in [4.78, 5) is 13.8. The van der Waals surface area contributed by atoms with Crippen LogP contribution >= 0.6 is 0 Å². The first-order valence-electron chi connectivity index (χ1n) is 14.5. The quantitative estimate of drug-likeness (QED) is 0.299. The summed E-state index contributed by atoms with van der Waals surface area (Å²) in [5, 5.41) is 16.6. The molecule has 0 bridgehead atoms. The second-order valence-corrected chi connectivity index (χ2v) is 11.9. The van der Waals surface area contributed by atoms with Crippen molar-refractivity contribution in [3.63, 3.8) is 0 Å². The lowest BCUT2D eigenvalue weighted by Crippen LogP contribution is -2.68. The number of carbonyl (C=O) groups is 1. The number of halogens is 3. The zero-order valence-electron chi connectivity index (χ0n) is 24.0. The van der Waals surface area contributed by atoms with Gasteiger partial charge in [-0.15, -0.1) is 0 Å². The van der Waals surface area contributed by atoms with Crippen LogP contribution in [-0.2, 0) is 11.3 Å². The highest BCUT2D eigenvalue weighted by Gasteiger charge is 2.50. The molecule has 1 saturated carbocycles. The van der Waals surface area contributed by atoms with Crippen molar-refractivity contribution in [3.05, 3.63) is 53.7 Å². The molecule has 6 rings (SSSR count). The first-order chi connectivity index (χ1) is 20.6. The highest BCUT2D eigenvalue weighted by molar-refractivity contribution is 5.94. The predicted octanol–water partition coefficient (Wildman–Crippen LogP) is 5.43. The molecule has 43 heavy (non-hydrogen) atoms. The molecule has 8 nitrogen and oxygen atoms in total. The first kappa shape index (κ1) is 29.2. The number of aromatic carboxylic acids is 1. The lowest BCUT2D eigenvalue weighted by atomic mass is 9.75. The van der Waals surface area contributed by atoms with Crippen molar-refractivity contribution < 1.29 is 32.5 Å². The average Bonchev–Trinajstić information content (AvgIpc) is 3.27. The molecule has 228 valence electrons. The van der Waals surface area contributed by atoms with Crippen LogP contribution in [0.15, 0.2) is 42.5 Å². The number of alkyl halides is 3. The summed E-state index contributed by atoms with van der Waals surface area (Å²) in [5.74, 6) is 5.08. The van der Waals surface area contributed by atoms with Gasteiger partial charge in [0.15, 0.2) is 0 Å². The number of anilines is 2. The van der Waals surface area contributed by atoms with Crippen LogP contribution in [0.2, 0.25) is 0 Å². The van der Waals surface area contributed by atoms with Crippen molar-refractivity contribution in [2.45, 2.75) is 50.5 Å². The number of carboxylic acids is 1. The van der Waals surface area contributed by atoms with Crippen LogP contribution in [0.25, 0.3) is 10.9 Å². The topological polar surface area (TPSA) is 88.0 Å². The van der Waals surface area contributed by atoms with Gasteiger partial charge in [0.05, 0.1) is 49.3 Å². The summed E-state index contributed by atoms with van der Waals surface area (Å²) >= 11 is 0. The zero-order valence-corrected chi connectivity index (χ0v) is 24.0. The minimum atomic E-state index is -4.41. The Morgan fingerprint density at radius 1 is 1.12 bits per heavy atom. The molecule has 3 aromatic rings. The van der Waals surface area contributed by atoms with Gasteiger partial charge in [0.2, 0.25) is 0 Å². The summed E-state index contributed by atoms with van der Waals surface area (Å²) in [5.41, 5.74) is 2.59. The summed E-state index contributed by atoms with van der Waals surface area (Å²) in [7, 11) is 1.43. The van der Waals surface area contributed by atoms with Crippen LogP contribution in [0.3, 0.4) is 0 Å². The normalized spacial score (nSPS) is 21.4. The molecule has 0 unspecified atom stereocenters. The summed E-state index contributed by atoms with van der Waals surface area (Å²) in [6.07, 6.45) is -0.178. The van der Waals surface area contributed by atoms with Crippen molar-refractivity contribution in [2.24, 2.45) is 5.41 Å².